The number of imidazole rings is 1. The lowest BCUT2D eigenvalue weighted by Crippen LogP contribution is -2.18. The van der Waals surface area contributed by atoms with E-state index in [-0.39, 0.29) is 17.0 Å². The zero-order valence-corrected chi connectivity index (χ0v) is 14.7. The Hall–Kier alpha value is -3.66. The molecule has 2 N–H and O–H groups in total. The number of hydrogen-bond acceptors (Lipinski definition) is 5. The highest BCUT2D eigenvalue weighted by atomic mass is 19.1. The molecule has 0 amide bonds. The number of allylic oxidation sites excluding steroid dienone is 1. The van der Waals surface area contributed by atoms with E-state index in [9.17, 15) is 19.6 Å². The van der Waals surface area contributed by atoms with Gasteiger partial charge in [0.1, 0.15) is 17.5 Å². The Balaban J connectivity index is 1.87. The number of esters is 1. The number of aromatic amines is 1. The number of aromatic nitrogens is 2. The molecule has 0 unspecified atom stereocenters. The molecule has 0 radical (unpaired) electrons. The Morgan fingerprint density at radius 2 is 2.07 bits per heavy atom. The average molecular weight is 365 g/mol. The SMILES string of the molecule is Cc1ccc(C(=O)O[C@@H](C)/C(O)=C(\C#N)c2nc3ccccc3[nH]2)cc1F. The summed E-state index contributed by atoms with van der Waals surface area (Å²) in [5.74, 6) is -1.62. The Morgan fingerprint density at radius 1 is 1.33 bits per heavy atom. The Morgan fingerprint density at radius 3 is 2.74 bits per heavy atom. The van der Waals surface area contributed by atoms with Crippen molar-refractivity contribution in [3.63, 3.8) is 0 Å². The molecule has 1 atom stereocenters. The minimum atomic E-state index is -1.12. The molecule has 0 bridgehead atoms. The van der Waals surface area contributed by atoms with Gasteiger partial charge in [0.25, 0.3) is 0 Å². The molecule has 0 saturated heterocycles. The second-order valence-corrected chi connectivity index (χ2v) is 5.99. The molecule has 6 nitrogen and oxygen atoms in total. The van der Waals surface area contributed by atoms with Crippen LogP contribution < -0.4 is 0 Å². The van der Waals surface area contributed by atoms with Crippen molar-refractivity contribution in [1.82, 2.24) is 9.97 Å². The summed E-state index contributed by atoms with van der Waals surface area (Å²) in [6, 6.07) is 13.0. The molecule has 0 aliphatic heterocycles. The van der Waals surface area contributed by atoms with Crippen molar-refractivity contribution in [2.75, 3.05) is 0 Å². The quantitative estimate of drug-likeness (QED) is 0.413. The van der Waals surface area contributed by atoms with E-state index < -0.39 is 23.6 Å². The second kappa shape index (κ2) is 7.30. The van der Waals surface area contributed by atoms with Gasteiger partial charge in [-0.3, -0.25) is 0 Å². The number of nitriles is 1. The van der Waals surface area contributed by atoms with Crippen LogP contribution in [-0.2, 0) is 4.74 Å². The number of halogens is 1. The molecule has 3 rings (SSSR count). The van der Waals surface area contributed by atoms with Gasteiger partial charge in [0.2, 0.25) is 0 Å². The van der Waals surface area contributed by atoms with Crippen LogP contribution in [0.1, 0.15) is 28.7 Å². The number of nitrogens with one attached hydrogen (secondary N) is 1. The van der Waals surface area contributed by atoms with Crippen molar-refractivity contribution in [2.45, 2.75) is 20.0 Å². The number of aryl methyl sites for hydroxylation is 1. The Kier molecular flexibility index (Phi) is 4.90. The van der Waals surface area contributed by atoms with Crippen LogP contribution in [0.5, 0.6) is 0 Å². The van der Waals surface area contributed by atoms with Gasteiger partial charge in [-0.25, -0.2) is 14.2 Å². The van der Waals surface area contributed by atoms with E-state index in [1.807, 2.05) is 12.1 Å². The standard InChI is InChI=1S/C20H16FN3O3/c1-11-7-8-13(9-15(11)21)20(26)27-12(2)18(25)14(10-22)19-23-16-5-3-4-6-17(16)24-19/h3-9,12,25H,1-2H3,(H,23,24)/b18-14-/t12-/m0/s1. The minimum Gasteiger partial charge on any atom is -0.507 e. The van der Waals surface area contributed by atoms with Crippen LogP contribution in [-0.4, -0.2) is 27.1 Å². The number of aliphatic hydroxyl groups is 1. The van der Waals surface area contributed by atoms with Gasteiger partial charge >= 0.3 is 5.97 Å². The highest BCUT2D eigenvalue weighted by Crippen LogP contribution is 2.22. The van der Waals surface area contributed by atoms with Crippen molar-refractivity contribution in [3.05, 3.63) is 71.0 Å². The smallest absolute Gasteiger partial charge is 0.338 e. The average Bonchev–Trinajstić information content (AvgIpc) is 3.08. The predicted octanol–water partition coefficient (Wildman–Crippen LogP) is 4.05. The highest BCUT2D eigenvalue weighted by molar-refractivity contribution is 5.90. The second-order valence-electron chi connectivity index (χ2n) is 5.99. The molecule has 7 heteroatoms. The molecule has 0 spiro atoms. The monoisotopic (exact) mass is 365 g/mol. The fourth-order valence-corrected chi connectivity index (χ4v) is 2.51. The molecule has 0 aliphatic rings. The molecular weight excluding hydrogens is 349 g/mol. The number of aliphatic hydroxyl groups excluding tert-OH is 1. The number of para-hydroxylation sites is 2. The summed E-state index contributed by atoms with van der Waals surface area (Å²) >= 11 is 0. The maximum absolute atomic E-state index is 13.6. The maximum atomic E-state index is 13.6. The van der Waals surface area contributed by atoms with Crippen molar-refractivity contribution >= 4 is 22.6 Å². The minimum absolute atomic E-state index is 0.0139. The van der Waals surface area contributed by atoms with Crippen LogP contribution in [0.15, 0.2) is 48.2 Å². The van der Waals surface area contributed by atoms with Crippen LogP contribution in [0.3, 0.4) is 0 Å². The van der Waals surface area contributed by atoms with Crippen LogP contribution >= 0.6 is 0 Å². The van der Waals surface area contributed by atoms with Gasteiger partial charge < -0.3 is 14.8 Å². The van der Waals surface area contributed by atoms with Crippen LogP contribution in [0.25, 0.3) is 16.6 Å². The largest absolute Gasteiger partial charge is 0.507 e. The van der Waals surface area contributed by atoms with Crippen molar-refractivity contribution in [2.24, 2.45) is 0 Å². The summed E-state index contributed by atoms with van der Waals surface area (Å²) in [6.07, 6.45) is -1.12. The third-order valence-electron chi connectivity index (χ3n) is 4.07. The highest BCUT2D eigenvalue weighted by Gasteiger charge is 2.22. The van der Waals surface area contributed by atoms with E-state index in [1.54, 1.807) is 25.1 Å². The molecule has 27 heavy (non-hydrogen) atoms. The summed E-state index contributed by atoms with van der Waals surface area (Å²) in [4.78, 5) is 19.4. The number of rotatable bonds is 4. The number of carbonyl (C=O) groups excluding carboxylic acids is 1. The number of carbonyl (C=O) groups is 1. The Labute approximate surface area is 154 Å². The van der Waals surface area contributed by atoms with E-state index in [1.165, 1.54) is 19.1 Å². The van der Waals surface area contributed by atoms with E-state index in [0.29, 0.717) is 16.6 Å². The first-order valence-corrected chi connectivity index (χ1v) is 8.16. The number of fused-ring (bicyclic) bond motifs is 1. The molecule has 1 aromatic heterocycles. The van der Waals surface area contributed by atoms with Gasteiger partial charge in [-0.2, -0.15) is 5.26 Å². The molecule has 3 aromatic rings. The number of benzene rings is 2. The third kappa shape index (κ3) is 3.65. The van der Waals surface area contributed by atoms with Crippen molar-refractivity contribution in [1.29, 1.82) is 5.26 Å². The molecule has 0 aliphatic carbocycles. The zero-order valence-electron chi connectivity index (χ0n) is 14.7. The van der Waals surface area contributed by atoms with E-state index in [4.69, 9.17) is 4.74 Å². The van der Waals surface area contributed by atoms with Gasteiger partial charge in [0.15, 0.2) is 17.7 Å². The summed E-state index contributed by atoms with van der Waals surface area (Å²) in [6.45, 7) is 2.99. The van der Waals surface area contributed by atoms with Gasteiger partial charge in [0.05, 0.1) is 16.6 Å². The summed E-state index contributed by atoms with van der Waals surface area (Å²) in [5.41, 5.74) is 1.61. The molecule has 136 valence electrons. The number of ether oxygens (including phenoxy) is 1. The third-order valence-corrected chi connectivity index (χ3v) is 4.07. The predicted molar refractivity (Wildman–Crippen MR) is 97.3 cm³/mol. The molecule has 1 heterocycles. The van der Waals surface area contributed by atoms with Crippen LogP contribution in [0.4, 0.5) is 4.39 Å². The summed E-state index contributed by atoms with van der Waals surface area (Å²) < 4.78 is 18.8. The number of hydrogen-bond donors (Lipinski definition) is 2. The first kappa shape index (κ1) is 18.1. The summed E-state index contributed by atoms with van der Waals surface area (Å²) in [5, 5.41) is 19.8. The van der Waals surface area contributed by atoms with Crippen LogP contribution in [0, 0.1) is 24.1 Å². The lowest BCUT2D eigenvalue weighted by Gasteiger charge is -2.14. The van der Waals surface area contributed by atoms with Crippen molar-refractivity contribution in [3.8, 4) is 6.07 Å². The van der Waals surface area contributed by atoms with E-state index in [2.05, 4.69) is 9.97 Å². The Bertz CT molecular complexity index is 1060. The molecule has 0 saturated carbocycles. The fourth-order valence-electron chi connectivity index (χ4n) is 2.51. The van der Waals surface area contributed by atoms with Crippen molar-refractivity contribution < 1.29 is 19.0 Å². The lowest BCUT2D eigenvalue weighted by atomic mass is 10.1. The van der Waals surface area contributed by atoms with Gasteiger partial charge in [-0.15, -0.1) is 0 Å². The van der Waals surface area contributed by atoms with E-state index >= 15 is 0 Å². The molecular formula is C20H16FN3O3. The van der Waals surface area contributed by atoms with Crippen LogP contribution in [0.2, 0.25) is 0 Å². The maximum Gasteiger partial charge on any atom is 0.338 e. The number of nitrogens with zero attached hydrogens (tertiary/aromatic N) is 2. The molecule has 2 aromatic carbocycles. The first-order valence-electron chi connectivity index (χ1n) is 8.16. The lowest BCUT2D eigenvalue weighted by molar-refractivity contribution is 0.0333. The fraction of sp³-hybridized carbons (Fsp3) is 0.150. The molecule has 0 fully saturated rings. The zero-order chi connectivity index (χ0) is 19.6. The van der Waals surface area contributed by atoms with Gasteiger partial charge in [-0.1, -0.05) is 18.2 Å². The number of H-pyrrole nitrogens is 1. The van der Waals surface area contributed by atoms with Gasteiger partial charge in [-0.05, 0) is 43.7 Å². The van der Waals surface area contributed by atoms with Gasteiger partial charge in [0, 0.05) is 0 Å². The topological polar surface area (TPSA) is 99.0 Å². The normalized spacial score (nSPS) is 13.0. The van der Waals surface area contributed by atoms with E-state index in [0.717, 1.165) is 6.07 Å². The summed E-state index contributed by atoms with van der Waals surface area (Å²) in [7, 11) is 0. The first-order chi connectivity index (χ1) is 12.9.